The maximum atomic E-state index is 11.2. The van der Waals surface area contributed by atoms with Crippen LogP contribution in [0.5, 0.6) is 11.5 Å². The monoisotopic (exact) mass is 225 g/mol. The molecule has 0 spiro atoms. The van der Waals surface area contributed by atoms with Crippen LogP contribution >= 0.6 is 0 Å². The number of benzene rings is 1. The maximum Gasteiger partial charge on any atom is 0.325 e. The highest BCUT2D eigenvalue weighted by Gasteiger charge is 2.26. The molecule has 1 aromatic rings. The number of methoxy groups -OCH3 is 2. The van der Waals surface area contributed by atoms with E-state index in [4.69, 9.17) is 9.47 Å². The number of carbonyl (C=O) groups excluding carboxylic acids is 1. The summed E-state index contributed by atoms with van der Waals surface area (Å²) in [5, 5.41) is 10.9. The first-order chi connectivity index (χ1) is 7.52. The zero-order chi connectivity index (χ0) is 12.3. The third-order valence-electron chi connectivity index (χ3n) is 2.08. The molecule has 86 valence electrons. The number of nitro benzene ring substituents is 1. The number of carbonyl (C=O) groups is 1. The van der Waals surface area contributed by atoms with Crippen molar-refractivity contribution in [2.75, 3.05) is 14.2 Å². The molecule has 0 amide bonds. The second kappa shape index (κ2) is 4.61. The van der Waals surface area contributed by atoms with Crippen LogP contribution in [-0.2, 0) is 0 Å². The summed E-state index contributed by atoms with van der Waals surface area (Å²) in [6.45, 7) is 1.26. The lowest BCUT2D eigenvalue weighted by atomic mass is 10.1. The van der Waals surface area contributed by atoms with Gasteiger partial charge in [0, 0.05) is 0 Å². The van der Waals surface area contributed by atoms with Gasteiger partial charge in [0.25, 0.3) is 0 Å². The molecule has 0 aliphatic carbocycles. The smallest absolute Gasteiger partial charge is 0.325 e. The van der Waals surface area contributed by atoms with Gasteiger partial charge in [-0.3, -0.25) is 14.9 Å². The minimum atomic E-state index is -0.655. The van der Waals surface area contributed by atoms with Gasteiger partial charge in [0.2, 0.25) is 5.75 Å². The largest absolute Gasteiger partial charge is 0.493 e. The Morgan fingerprint density at radius 2 is 1.94 bits per heavy atom. The molecule has 0 fully saturated rings. The number of Topliss-reactive ketones (excluding diaryl/α,β-unsaturated/α-hetero) is 1. The molecular weight excluding hydrogens is 214 g/mol. The van der Waals surface area contributed by atoms with E-state index < -0.39 is 10.7 Å². The van der Waals surface area contributed by atoms with Crippen LogP contribution in [-0.4, -0.2) is 24.9 Å². The van der Waals surface area contributed by atoms with Crippen LogP contribution in [0.4, 0.5) is 5.69 Å². The fraction of sp³-hybridized carbons (Fsp3) is 0.300. The van der Waals surface area contributed by atoms with E-state index in [0.29, 0.717) is 0 Å². The molecule has 0 aliphatic heterocycles. The summed E-state index contributed by atoms with van der Waals surface area (Å²) >= 11 is 0. The van der Waals surface area contributed by atoms with Crippen LogP contribution in [0.1, 0.15) is 17.3 Å². The SMILES string of the molecule is COc1ccc(C(C)=O)c([N+](=O)[O-])c1OC. The maximum absolute atomic E-state index is 11.2. The number of ether oxygens (including phenoxy) is 2. The van der Waals surface area contributed by atoms with Gasteiger partial charge >= 0.3 is 5.69 Å². The van der Waals surface area contributed by atoms with Crippen molar-refractivity contribution in [1.29, 1.82) is 0 Å². The van der Waals surface area contributed by atoms with E-state index in [1.165, 1.54) is 33.3 Å². The van der Waals surface area contributed by atoms with Crippen LogP contribution in [0.2, 0.25) is 0 Å². The van der Waals surface area contributed by atoms with Crippen molar-refractivity contribution in [2.24, 2.45) is 0 Å². The van der Waals surface area contributed by atoms with Crippen molar-refractivity contribution < 1.29 is 19.2 Å². The Bertz CT molecular complexity index is 441. The van der Waals surface area contributed by atoms with E-state index in [0.717, 1.165) is 0 Å². The summed E-state index contributed by atoms with van der Waals surface area (Å²) in [5.41, 5.74) is -0.364. The van der Waals surface area contributed by atoms with E-state index in [1.807, 2.05) is 0 Å². The van der Waals surface area contributed by atoms with E-state index in [-0.39, 0.29) is 22.7 Å². The minimum Gasteiger partial charge on any atom is -0.493 e. The Labute approximate surface area is 91.9 Å². The first-order valence-corrected chi connectivity index (χ1v) is 4.43. The zero-order valence-electron chi connectivity index (χ0n) is 9.14. The molecule has 0 N–H and O–H groups in total. The summed E-state index contributed by atoms with van der Waals surface area (Å²) in [5.74, 6) is -0.216. The Morgan fingerprint density at radius 1 is 1.31 bits per heavy atom. The van der Waals surface area contributed by atoms with Gasteiger partial charge in [0.15, 0.2) is 11.5 Å². The fourth-order valence-corrected chi connectivity index (χ4v) is 1.38. The Kier molecular flexibility index (Phi) is 3.44. The van der Waals surface area contributed by atoms with Crippen molar-refractivity contribution in [1.82, 2.24) is 0 Å². The molecule has 0 aromatic heterocycles. The molecule has 0 aliphatic rings. The van der Waals surface area contributed by atoms with Crippen molar-refractivity contribution in [3.05, 3.63) is 27.8 Å². The normalized spacial score (nSPS) is 9.69. The quantitative estimate of drug-likeness (QED) is 0.443. The highest BCUT2D eigenvalue weighted by molar-refractivity contribution is 5.99. The number of nitro groups is 1. The predicted molar refractivity (Wildman–Crippen MR) is 56.2 cm³/mol. The van der Waals surface area contributed by atoms with Gasteiger partial charge in [0.05, 0.1) is 24.7 Å². The second-order valence-electron chi connectivity index (χ2n) is 3.01. The number of rotatable bonds is 4. The van der Waals surface area contributed by atoms with Gasteiger partial charge in [-0.2, -0.15) is 0 Å². The van der Waals surface area contributed by atoms with Crippen LogP contribution in [0.25, 0.3) is 0 Å². The Hall–Kier alpha value is -2.11. The molecule has 0 bridgehead atoms. The predicted octanol–water partition coefficient (Wildman–Crippen LogP) is 1.81. The molecule has 0 atom stereocenters. The van der Waals surface area contributed by atoms with Crippen molar-refractivity contribution >= 4 is 11.5 Å². The zero-order valence-corrected chi connectivity index (χ0v) is 9.14. The highest BCUT2D eigenvalue weighted by atomic mass is 16.6. The van der Waals surface area contributed by atoms with E-state index >= 15 is 0 Å². The first kappa shape index (κ1) is 12.0. The molecule has 16 heavy (non-hydrogen) atoms. The molecule has 0 heterocycles. The Balaban J connectivity index is 3.56. The lowest BCUT2D eigenvalue weighted by Crippen LogP contribution is -2.04. The van der Waals surface area contributed by atoms with Crippen LogP contribution in [0.3, 0.4) is 0 Å². The number of hydrogen-bond donors (Lipinski definition) is 0. The molecule has 0 unspecified atom stereocenters. The van der Waals surface area contributed by atoms with Crippen molar-refractivity contribution in [3.63, 3.8) is 0 Å². The van der Waals surface area contributed by atoms with Gasteiger partial charge < -0.3 is 9.47 Å². The third kappa shape index (κ3) is 1.95. The minimum absolute atomic E-state index is 0.00245. The lowest BCUT2D eigenvalue weighted by molar-refractivity contribution is -0.386. The van der Waals surface area contributed by atoms with E-state index in [9.17, 15) is 14.9 Å². The molecule has 1 rings (SSSR count). The summed E-state index contributed by atoms with van der Waals surface area (Å²) in [6.07, 6.45) is 0. The molecule has 0 radical (unpaired) electrons. The lowest BCUT2D eigenvalue weighted by Gasteiger charge is -2.09. The summed E-state index contributed by atoms with van der Waals surface area (Å²) in [4.78, 5) is 21.5. The molecule has 0 saturated heterocycles. The van der Waals surface area contributed by atoms with Gasteiger partial charge in [-0.25, -0.2) is 0 Å². The van der Waals surface area contributed by atoms with Gasteiger partial charge in [0.1, 0.15) is 0 Å². The Morgan fingerprint density at radius 3 is 2.31 bits per heavy atom. The van der Waals surface area contributed by atoms with Crippen LogP contribution in [0.15, 0.2) is 12.1 Å². The molecule has 0 saturated carbocycles. The molecule has 6 nitrogen and oxygen atoms in total. The average molecular weight is 225 g/mol. The topological polar surface area (TPSA) is 78.7 Å². The fourth-order valence-electron chi connectivity index (χ4n) is 1.38. The van der Waals surface area contributed by atoms with Gasteiger partial charge in [-0.1, -0.05) is 0 Å². The molecule has 6 heteroatoms. The summed E-state index contributed by atoms with van der Waals surface area (Å²) in [6, 6.07) is 2.81. The summed E-state index contributed by atoms with van der Waals surface area (Å²) in [7, 11) is 2.66. The second-order valence-corrected chi connectivity index (χ2v) is 3.01. The third-order valence-corrected chi connectivity index (χ3v) is 2.08. The average Bonchev–Trinajstić information content (AvgIpc) is 2.26. The van der Waals surface area contributed by atoms with Crippen molar-refractivity contribution in [3.8, 4) is 11.5 Å². The van der Waals surface area contributed by atoms with Crippen molar-refractivity contribution in [2.45, 2.75) is 6.92 Å². The van der Waals surface area contributed by atoms with E-state index in [2.05, 4.69) is 0 Å². The number of hydrogen-bond acceptors (Lipinski definition) is 5. The summed E-state index contributed by atoms with van der Waals surface area (Å²) < 4.78 is 9.82. The highest BCUT2D eigenvalue weighted by Crippen LogP contribution is 2.39. The molecular formula is C10H11NO5. The first-order valence-electron chi connectivity index (χ1n) is 4.43. The number of ketones is 1. The number of nitrogens with zero attached hydrogens (tertiary/aromatic N) is 1. The standard InChI is InChI=1S/C10H11NO5/c1-6(12)7-4-5-8(15-2)10(16-3)9(7)11(13)14/h4-5H,1-3H3. The van der Waals surface area contributed by atoms with Crippen LogP contribution in [0, 0.1) is 10.1 Å². The van der Waals surface area contributed by atoms with Crippen LogP contribution < -0.4 is 9.47 Å². The van der Waals surface area contributed by atoms with Gasteiger partial charge in [-0.05, 0) is 19.1 Å². The molecule has 1 aromatic carbocycles. The van der Waals surface area contributed by atoms with E-state index in [1.54, 1.807) is 0 Å². The van der Waals surface area contributed by atoms with Gasteiger partial charge in [-0.15, -0.1) is 0 Å².